The molecule has 0 unspecified atom stereocenters. The Morgan fingerprint density at radius 2 is 1.70 bits per heavy atom. The van der Waals surface area contributed by atoms with Gasteiger partial charge < -0.3 is 19.4 Å². The van der Waals surface area contributed by atoms with Gasteiger partial charge in [-0.25, -0.2) is 14.6 Å². The van der Waals surface area contributed by atoms with Crippen LogP contribution < -0.4 is 16.2 Å². The summed E-state index contributed by atoms with van der Waals surface area (Å²) >= 11 is 0. The van der Waals surface area contributed by atoms with Gasteiger partial charge in [0, 0.05) is 17.9 Å². The van der Waals surface area contributed by atoms with Crippen LogP contribution in [0, 0.1) is 13.8 Å². The standard InChI is InChI=1S/C30H36N4O6/c1-7-39-28(37)26-23(16-21-11-9-8-10-12-21)15-19(2)34(27(26)36)18-25(35)31-17-22-13-14-24(32-20(22)3)33-29(38)40-30(4,5)6/h8-15H,7,16-18H2,1-6H3,(H,31,35)(H,32,33,38). The molecule has 2 N–H and O–H groups in total. The van der Waals surface area contributed by atoms with Crippen LogP contribution in [0.1, 0.15) is 66.1 Å². The Labute approximate surface area is 233 Å². The third-order valence-corrected chi connectivity index (χ3v) is 5.91. The summed E-state index contributed by atoms with van der Waals surface area (Å²) in [5.74, 6) is -0.799. The third-order valence-electron chi connectivity index (χ3n) is 5.91. The highest BCUT2D eigenvalue weighted by atomic mass is 16.6. The minimum atomic E-state index is -0.714. The number of hydrogen-bond donors (Lipinski definition) is 2. The first kappa shape index (κ1) is 30.1. The number of anilines is 1. The van der Waals surface area contributed by atoms with Crippen LogP contribution in [0.5, 0.6) is 0 Å². The minimum absolute atomic E-state index is 0.0720. The van der Waals surface area contributed by atoms with E-state index in [4.69, 9.17) is 9.47 Å². The summed E-state index contributed by atoms with van der Waals surface area (Å²) in [5, 5.41) is 5.38. The summed E-state index contributed by atoms with van der Waals surface area (Å²) in [5.41, 5.74) is 2.10. The SMILES string of the molecule is CCOC(=O)c1c(Cc2ccccc2)cc(C)n(CC(=O)NCc2ccc(NC(=O)OC(C)(C)C)nc2C)c1=O. The molecule has 212 valence electrons. The van der Waals surface area contributed by atoms with Crippen LogP contribution in [-0.2, 0) is 33.8 Å². The van der Waals surface area contributed by atoms with E-state index in [1.54, 1.807) is 59.7 Å². The van der Waals surface area contributed by atoms with Gasteiger partial charge in [-0.3, -0.25) is 14.9 Å². The molecule has 0 spiro atoms. The molecular weight excluding hydrogens is 512 g/mol. The van der Waals surface area contributed by atoms with Gasteiger partial charge in [0.15, 0.2) is 0 Å². The zero-order valence-corrected chi connectivity index (χ0v) is 23.8. The van der Waals surface area contributed by atoms with Gasteiger partial charge in [-0.15, -0.1) is 0 Å². The Hall–Kier alpha value is -4.47. The highest BCUT2D eigenvalue weighted by Crippen LogP contribution is 2.16. The van der Waals surface area contributed by atoms with E-state index in [2.05, 4.69) is 15.6 Å². The van der Waals surface area contributed by atoms with Crippen LogP contribution in [0.3, 0.4) is 0 Å². The molecule has 0 aliphatic heterocycles. The largest absolute Gasteiger partial charge is 0.462 e. The maximum atomic E-state index is 13.4. The Bertz CT molecular complexity index is 1440. The minimum Gasteiger partial charge on any atom is -0.462 e. The monoisotopic (exact) mass is 548 g/mol. The molecule has 1 aromatic carbocycles. The van der Waals surface area contributed by atoms with Crippen molar-refractivity contribution in [2.45, 2.75) is 66.7 Å². The number of ether oxygens (including phenoxy) is 2. The van der Waals surface area contributed by atoms with Crippen molar-refractivity contribution in [1.82, 2.24) is 14.9 Å². The highest BCUT2D eigenvalue weighted by molar-refractivity contribution is 5.91. The first-order valence-corrected chi connectivity index (χ1v) is 13.1. The van der Waals surface area contributed by atoms with E-state index < -0.39 is 29.1 Å². The molecule has 0 aliphatic rings. The van der Waals surface area contributed by atoms with Gasteiger partial charge in [0.25, 0.3) is 5.56 Å². The highest BCUT2D eigenvalue weighted by Gasteiger charge is 2.22. The van der Waals surface area contributed by atoms with Gasteiger partial charge in [0.1, 0.15) is 23.5 Å². The number of benzene rings is 1. The molecule has 0 atom stereocenters. The van der Waals surface area contributed by atoms with Crippen molar-refractivity contribution in [3.8, 4) is 0 Å². The fourth-order valence-corrected chi connectivity index (χ4v) is 4.06. The number of carbonyl (C=O) groups excluding carboxylic acids is 3. The smallest absolute Gasteiger partial charge is 0.413 e. The van der Waals surface area contributed by atoms with Gasteiger partial charge >= 0.3 is 12.1 Å². The van der Waals surface area contributed by atoms with E-state index in [1.807, 2.05) is 30.3 Å². The molecule has 2 aromatic heterocycles. The quantitative estimate of drug-likeness (QED) is 0.382. The molecule has 40 heavy (non-hydrogen) atoms. The Morgan fingerprint density at radius 3 is 2.33 bits per heavy atom. The lowest BCUT2D eigenvalue weighted by molar-refractivity contribution is -0.121. The van der Waals surface area contributed by atoms with Crippen molar-refractivity contribution in [1.29, 1.82) is 0 Å². The average molecular weight is 549 g/mol. The van der Waals surface area contributed by atoms with Crippen molar-refractivity contribution >= 4 is 23.8 Å². The molecule has 10 nitrogen and oxygen atoms in total. The van der Waals surface area contributed by atoms with Crippen LogP contribution >= 0.6 is 0 Å². The topological polar surface area (TPSA) is 129 Å². The number of nitrogens with zero attached hydrogens (tertiary/aromatic N) is 2. The molecule has 0 bridgehead atoms. The van der Waals surface area contributed by atoms with Gasteiger partial charge in [-0.05, 0) is 76.8 Å². The number of aromatic nitrogens is 2. The molecule has 3 rings (SSSR count). The van der Waals surface area contributed by atoms with E-state index in [-0.39, 0.29) is 25.3 Å². The Balaban J connectivity index is 1.74. The predicted octanol–water partition coefficient (Wildman–Crippen LogP) is 4.29. The second-order valence-electron chi connectivity index (χ2n) is 10.3. The van der Waals surface area contributed by atoms with E-state index in [1.165, 1.54) is 4.57 Å². The van der Waals surface area contributed by atoms with Crippen LogP contribution in [0.4, 0.5) is 10.6 Å². The molecule has 3 aromatic rings. The first-order valence-electron chi connectivity index (χ1n) is 13.1. The third kappa shape index (κ3) is 8.26. The summed E-state index contributed by atoms with van der Waals surface area (Å²) in [7, 11) is 0. The maximum Gasteiger partial charge on any atom is 0.413 e. The fourth-order valence-electron chi connectivity index (χ4n) is 4.06. The van der Waals surface area contributed by atoms with Gasteiger partial charge in [0.2, 0.25) is 5.91 Å². The van der Waals surface area contributed by atoms with Crippen molar-refractivity contribution in [3.05, 3.63) is 92.5 Å². The number of pyridine rings is 2. The molecular formula is C30H36N4O6. The van der Waals surface area contributed by atoms with E-state index in [9.17, 15) is 19.2 Å². The lowest BCUT2D eigenvalue weighted by Gasteiger charge is -2.19. The second kappa shape index (κ2) is 13.1. The predicted molar refractivity (Wildman–Crippen MR) is 151 cm³/mol. The fraction of sp³-hybridized carbons (Fsp3) is 0.367. The molecule has 0 saturated heterocycles. The number of aryl methyl sites for hydroxylation is 2. The van der Waals surface area contributed by atoms with E-state index >= 15 is 0 Å². The first-order chi connectivity index (χ1) is 18.9. The summed E-state index contributed by atoms with van der Waals surface area (Å²) < 4.78 is 11.7. The van der Waals surface area contributed by atoms with Gasteiger partial charge in [-0.2, -0.15) is 0 Å². The van der Waals surface area contributed by atoms with E-state index in [0.717, 1.165) is 11.1 Å². The summed E-state index contributed by atoms with van der Waals surface area (Å²) in [6, 6.07) is 14.6. The Kier molecular flexibility index (Phi) is 9.82. The summed E-state index contributed by atoms with van der Waals surface area (Å²) in [4.78, 5) is 55.4. The number of rotatable bonds is 9. The number of carbonyl (C=O) groups is 3. The second-order valence-corrected chi connectivity index (χ2v) is 10.3. The van der Waals surface area contributed by atoms with Crippen molar-refractivity contribution in [2.24, 2.45) is 0 Å². The van der Waals surface area contributed by atoms with Crippen molar-refractivity contribution in [2.75, 3.05) is 11.9 Å². The van der Waals surface area contributed by atoms with Crippen molar-refractivity contribution in [3.63, 3.8) is 0 Å². The van der Waals surface area contributed by atoms with Crippen LogP contribution in [0.2, 0.25) is 0 Å². The molecule has 2 heterocycles. The van der Waals surface area contributed by atoms with E-state index in [0.29, 0.717) is 29.2 Å². The molecule has 0 aliphatic carbocycles. The number of nitrogens with one attached hydrogen (secondary N) is 2. The van der Waals surface area contributed by atoms with Crippen LogP contribution in [-0.4, -0.2) is 39.7 Å². The zero-order valence-electron chi connectivity index (χ0n) is 23.8. The molecule has 2 amide bonds. The van der Waals surface area contributed by atoms with Gasteiger partial charge in [-0.1, -0.05) is 36.4 Å². The molecule has 0 radical (unpaired) electrons. The summed E-state index contributed by atoms with van der Waals surface area (Å²) in [6.07, 6.45) is -0.235. The lowest BCUT2D eigenvalue weighted by atomic mass is 10.00. The number of esters is 1. The summed E-state index contributed by atoms with van der Waals surface area (Å²) in [6.45, 7) is 10.5. The maximum absolute atomic E-state index is 13.4. The molecule has 0 saturated carbocycles. The van der Waals surface area contributed by atoms with Crippen LogP contribution in [0.15, 0.2) is 53.3 Å². The number of hydrogen-bond acceptors (Lipinski definition) is 7. The van der Waals surface area contributed by atoms with Crippen molar-refractivity contribution < 1.29 is 23.9 Å². The van der Waals surface area contributed by atoms with Crippen LogP contribution in [0.25, 0.3) is 0 Å². The lowest BCUT2D eigenvalue weighted by Crippen LogP contribution is -2.36. The molecule has 0 fully saturated rings. The molecule has 10 heteroatoms. The Morgan fingerprint density at radius 1 is 1.00 bits per heavy atom. The average Bonchev–Trinajstić information content (AvgIpc) is 2.85. The zero-order chi connectivity index (χ0) is 29.4. The normalized spacial score (nSPS) is 11.1. The van der Waals surface area contributed by atoms with Gasteiger partial charge in [0.05, 0.1) is 6.61 Å². The number of amides is 2.